The summed E-state index contributed by atoms with van der Waals surface area (Å²) in [5.41, 5.74) is 0. The summed E-state index contributed by atoms with van der Waals surface area (Å²) in [5.74, 6) is 0.912. The molecule has 0 aromatic rings. The molecule has 0 radical (unpaired) electrons. The van der Waals surface area contributed by atoms with Crippen LogP contribution in [0.5, 0.6) is 0 Å². The van der Waals surface area contributed by atoms with Gasteiger partial charge in [-0.05, 0) is 32.9 Å². The van der Waals surface area contributed by atoms with Gasteiger partial charge in [-0.1, -0.05) is 6.42 Å². The lowest BCUT2D eigenvalue weighted by Crippen LogP contribution is -2.42. The fraction of sp³-hybridized carbons (Fsp3) is 0.909. The van der Waals surface area contributed by atoms with Gasteiger partial charge in [-0.3, -0.25) is 4.99 Å². The van der Waals surface area contributed by atoms with Crippen molar-refractivity contribution < 1.29 is 0 Å². The van der Waals surface area contributed by atoms with Crippen molar-refractivity contribution in [2.24, 2.45) is 4.99 Å². The van der Waals surface area contributed by atoms with Crippen molar-refractivity contribution in [1.29, 1.82) is 0 Å². The van der Waals surface area contributed by atoms with E-state index >= 15 is 0 Å². The van der Waals surface area contributed by atoms with Gasteiger partial charge in [-0.2, -0.15) is 0 Å². The number of hydrogen-bond acceptors (Lipinski definition) is 2. The molecule has 4 nitrogen and oxygen atoms in total. The summed E-state index contributed by atoms with van der Waals surface area (Å²) < 4.78 is 0. The molecule has 1 heterocycles. The van der Waals surface area contributed by atoms with Crippen LogP contribution in [0, 0.1) is 0 Å². The topological polar surface area (TPSA) is 39.7 Å². The Morgan fingerprint density at radius 2 is 1.88 bits per heavy atom. The fourth-order valence-corrected chi connectivity index (χ4v) is 1.90. The highest BCUT2D eigenvalue weighted by Crippen LogP contribution is 2.07. The molecule has 96 valence electrons. The van der Waals surface area contributed by atoms with E-state index in [0.717, 1.165) is 25.6 Å². The maximum atomic E-state index is 4.14. The maximum Gasteiger partial charge on any atom is 0.191 e. The Hall–Kier alpha value is -0.0400. The Kier molecular flexibility index (Phi) is 10.1. The Balaban J connectivity index is 0.00000225. The Labute approximate surface area is 116 Å². The molecular formula is C11H25IN4. The molecule has 1 rings (SSSR count). The lowest BCUT2D eigenvalue weighted by atomic mass is 10.1. The van der Waals surface area contributed by atoms with Crippen molar-refractivity contribution in [1.82, 2.24) is 15.5 Å². The highest BCUT2D eigenvalue weighted by atomic mass is 127. The van der Waals surface area contributed by atoms with Gasteiger partial charge in [-0.15, -0.1) is 24.0 Å². The number of nitrogens with zero attached hydrogens (tertiary/aromatic N) is 2. The van der Waals surface area contributed by atoms with E-state index in [9.17, 15) is 0 Å². The molecule has 16 heavy (non-hydrogen) atoms. The quantitative estimate of drug-likeness (QED) is 0.460. The summed E-state index contributed by atoms with van der Waals surface area (Å²) in [5, 5.41) is 6.51. The van der Waals surface area contributed by atoms with Crippen LogP contribution in [0.15, 0.2) is 4.99 Å². The number of piperidine rings is 1. The zero-order chi connectivity index (χ0) is 10.9. The molecule has 0 aromatic heterocycles. The predicted molar refractivity (Wildman–Crippen MR) is 80.7 cm³/mol. The number of nitrogens with one attached hydrogen (secondary N) is 2. The molecule has 0 amide bonds. The van der Waals surface area contributed by atoms with Gasteiger partial charge in [0.25, 0.3) is 0 Å². The van der Waals surface area contributed by atoms with Crippen LogP contribution in [0.1, 0.15) is 26.2 Å². The Bertz CT molecular complexity index is 190. The third-order valence-electron chi connectivity index (χ3n) is 2.74. The van der Waals surface area contributed by atoms with Gasteiger partial charge in [0.1, 0.15) is 0 Å². The van der Waals surface area contributed by atoms with E-state index in [1.807, 2.05) is 7.05 Å². The van der Waals surface area contributed by atoms with Crippen molar-refractivity contribution in [2.45, 2.75) is 26.2 Å². The largest absolute Gasteiger partial charge is 0.357 e. The number of guanidine groups is 1. The molecule has 1 saturated heterocycles. The van der Waals surface area contributed by atoms with E-state index in [2.05, 4.69) is 27.4 Å². The second-order valence-electron chi connectivity index (χ2n) is 3.93. The number of aliphatic imine (C=N–C) groups is 1. The van der Waals surface area contributed by atoms with Gasteiger partial charge >= 0.3 is 0 Å². The Morgan fingerprint density at radius 1 is 1.19 bits per heavy atom. The summed E-state index contributed by atoms with van der Waals surface area (Å²) in [4.78, 5) is 6.66. The van der Waals surface area contributed by atoms with E-state index < -0.39 is 0 Å². The van der Waals surface area contributed by atoms with Gasteiger partial charge in [0.05, 0.1) is 0 Å². The van der Waals surface area contributed by atoms with Crippen LogP contribution in [-0.2, 0) is 0 Å². The first-order valence-electron chi connectivity index (χ1n) is 6.03. The summed E-state index contributed by atoms with van der Waals surface area (Å²) in [6.45, 7) is 7.65. The molecule has 0 bridgehead atoms. The number of hydrogen-bond donors (Lipinski definition) is 2. The SMILES string of the molecule is CCNC(=NC)NCCN1CCCCC1.I. The average Bonchev–Trinajstić information content (AvgIpc) is 2.29. The van der Waals surface area contributed by atoms with Crippen LogP contribution < -0.4 is 10.6 Å². The summed E-state index contributed by atoms with van der Waals surface area (Å²) >= 11 is 0. The van der Waals surface area contributed by atoms with E-state index in [0.29, 0.717) is 0 Å². The van der Waals surface area contributed by atoms with E-state index in [-0.39, 0.29) is 24.0 Å². The molecule has 0 unspecified atom stereocenters. The normalized spacial score (nSPS) is 17.8. The smallest absolute Gasteiger partial charge is 0.191 e. The van der Waals surface area contributed by atoms with Gasteiger partial charge in [-0.25, -0.2) is 0 Å². The zero-order valence-corrected chi connectivity index (χ0v) is 12.8. The molecular weight excluding hydrogens is 315 g/mol. The molecule has 1 aliphatic rings. The minimum absolute atomic E-state index is 0. The zero-order valence-electron chi connectivity index (χ0n) is 10.5. The van der Waals surface area contributed by atoms with E-state index in [1.54, 1.807) is 0 Å². The predicted octanol–water partition coefficient (Wildman–Crippen LogP) is 1.28. The van der Waals surface area contributed by atoms with Crippen molar-refractivity contribution in [3.8, 4) is 0 Å². The second kappa shape index (κ2) is 10.1. The first kappa shape index (κ1) is 16.0. The van der Waals surface area contributed by atoms with E-state index in [4.69, 9.17) is 0 Å². The molecule has 0 atom stereocenters. The minimum atomic E-state index is 0. The van der Waals surface area contributed by atoms with Gasteiger partial charge < -0.3 is 15.5 Å². The summed E-state index contributed by atoms with van der Waals surface area (Å²) in [6, 6.07) is 0. The van der Waals surface area contributed by atoms with Crippen LogP contribution in [0.4, 0.5) is 0 Å². The molecule has 1 aliphatic heterocycles. The van der Waals surface area contributed by atoms with Gasteiger partial charge in [0.2, 0.25) is 0 Å². The molecule has 0 spiro atoms. The monoisotopic (exact) mass is 340 g/mol. The van der Waals surface area contributed by atoms with Crippen molar-refractivity contribution in [3.05, 3.63) is 0 Å². The number of halogens is 1. The second-order valence-corrected chi connectivity index (χ2v) is 3.93. The fourth-order valence-electron chi connectivity index (χ4n) is 1.90. The van der Waals surface area contributed by atoms with Crippen LogP contribution in [0.25, 0.3) is 0 Å². The third kappa shape index (κ3) is 6.52. The molecule has 0 aliphatic carbocycles. The number of likely N-dealkylation sites (tertiary alicyclic amines) is 1. The first-order valence-corrected chi connectivity index (χ1v) is 6.03. The highest BCUT2D eigenvalue weighted by molar-refractivity contribution is 14.0. The van der Waals surface area contributed by atoms with Gasteiger partial charge in [0, 0.05) is 26.7 Å². The highest BCUT2D eigenvalue weighted by Gasteiger charge is 2.08. The average molecular weight is 340 g/mol. The molecule has 0 aromatic carbocycles. The van der Waals surface area contributed by atoms with Crippen LogP contribution >= 0.6 is 24.0 Å². The molecule has 5 heteroatoms. The Morgan fingerprint density at radius 3 is 2.44 bits per heavy atom. The van der Waals surface area contributed by atoms with Crippen molar-refractivity contribution >= 4 is 29.9 Å². The van der Waals surface area contributed by atoms with Crippen LogP contribution in [0.2, 0.25) is 0 Å². The maximum absolute atomic E-state index is 4.14. The minimum Gasteiger partial charge on any atom is -0.357 e. The lowest BCUT2D eigenvalue weighted by Gasteiger charge is -2.26. The summed E-state index contributed by atoms with van der Waals surface area (Å²) in [6.07, 6.45) is 4.13. The first-order chi connectivity index (χ1) is 7.36. The van der Waals surface area contributed by atoms with E-state index in [1.165, 1.54) is 32.4 Å². The molecule has 0 saturated carbocycles. The van der Waals surface area contributed by atoms with Crippen molar-refractivity contribution in [2.75, 3.05) is 39.8 Å². The van der Waals surface area contributed by atoms with Gasteiger partial charge in [0.15, 0.2) is 5.96 Å². The van der Waals surface area contributed by atoms with Crippen LogP contribution in [0.3, 0.4) is 0 Å². The van der Waals surface area contributed by atoms with Crippen LogP contribution in [-0.4, -0.2) is 50.6 Å². The molecule has 1 fully saturated rings. The number of rotatable bonds is 4. The third-order valence-corrected chi connectivity index (χ3v) is 2.74. The lowest BCUT2D eigenvalue weighted by molar-refractivity contribution is 0.232. The summed E-state index contributed by atoms with van der Waals surface area (Å²) in [7, 11) is 1.81. The standard InChI is InChI=1S/C11H24N4.HI/c1-3-13-11(12-2)14-7-10-15-8-5-4-6-9-15;/h3-10H2,1-2H3,(H2,12,13,14);1H. The molecule has 2 N–H and O–H groups in total. The van der Waals surface area contributed by atoms with Crippen molar-refractivity contribution in [3.63, 3.8) is 0 Å².